The van der Waals surface area contributed by atoms with Gasteiger partial charge in [-0.1, -0.05) is 24.3 Å². The van der Waals surface area contributed by atoms with E-state index in [1.165, 1.54) is 11.5 Å². The van der Waals surface area contributed by atoms with Crippen molar-refractivity contribution in [2.75, 3.05) is 7.11 Å². The molecule has 0 N–H and O–H groups in total. The lowest BCUT2D eigenvalue weighted by atomic mass is 10.5. The molecule has 0 radical (unpaired) electrons. The molecule has 0 aliphatic carbocycles. The van der Waals surface area contributed by atoms with E-state index in [9.17, 15) is 0 Å². The molecule has 0 unspecified atom stereocenters. The van der Waals surface area contributed by atoms with E-state index < -0.39 is 0 Å². The van der Waals surface area contributed by atoms with Gasteiger partial charge in [-0.15, -0.1) is 0 Å². The molecule has 0 aliphatic rings. The Balaban J connectivity index is 3.07. The minimum absolute atomic E-state index is 0.631. The van der Waals surface area contributed by atoms with Crippen LogP contribution in [0, 0.1) is 0 Å². The molecule has 0 amide bonds. The number of hydrogen-bond acceptors (Lipinski definition) is 3. The number of nitrogens with zero attached hydrogens (tertiary/aromatic N) is 1. The first-order chi connectivity index (χ1) is 5.43. The Morgan fingerprint density at radius 1 is 1.27 bits per heavy atom. The van der Waals surface area contributed by atoms with Crippen molar-refractivity contribution in [3.63, 3.8) is 0 Å². The Kier molecular flexibility index (Phi) is 3.41. The van der Waals surface area contributed by atoms with Gasteiger partial charge in [0.2, 0.25) is 5.88 Å². The lowest BCUT2D eigenvalue weighted by molar-refractivity contribution is 0.402. The van der Waals surface area contributed by atoms with Crippen LogP contribution in [0.25, 0.3) is 0 Å². The zero-order valence-electron chi connectivity index (χ0n) is 6.23. The van der Waals surface area contributed by atoms with Crippen molar-refractivity contribution >= 4 is 11.5 Å². The maximum atomic E-state index is 4.96. The Bertz CT molecular complexity index is 234. The van der Waals surface area contributed by atoms with Crippen LogP contribution in [-0.2, 0) is 0 Å². The van der Waals surface area contributed by atoms with Crippen molar-refractivity contribution in [2.24, 2.45) is 0 Å². The van der Waals surface area contributed by atoms with Crippen LogP contribution in [0.3, 0.4) is 0 Å². The van der Waals surface area contributed by atoms with Crippen LogP contribution < -0.4 is 4.74 Å². The number of rotatable bonds is 1. The van der Waals surface area contributed by atoms with Gasteiger partial charge in [0, 0.05) is 11.4 Å². The molecular formula is C8H9NOS. The minimum Gasteiger partial charge on any atom is -0.480 e. The molecule has 1 heterocycles. The summed E-state index contributed by atoms with van der Waals surface area (Å²) in [6.07, 6.45) is 0. The molecule has 0 bridgehead atoms. The third kappa shape index (κ3) is 3.00. The van der Waals surface area contributed by atoms with Gasteiger partial charge in [0.25, 0.3) is 0 Å². The third-order valence-corrected chi connectivity index (χ3v) is 1.63. The van der Waals surface area contributed by atoms with Gasteiger partial charge in [-0.25, -0.2) is 0 Å². The Morgan fingerprint density at radius 2 is 2.09 bits per heavy atom. The molecule has 1 rings (SSSR count). The minimum atomic E-state index is 0.631. The van der Waals surface area contributed by atoms with Crippen LogP contribution in [-0.4, -0.2) is 11.5 Å². The molecule has 0 atom stereocenters. The topological polar surface area (TPSA) is 22.1 Å². The predicted octanol–water partition coefficient (Wildman–Crippen LogP) is 2.28. The summed E-state index contributed by atoms with van der Waals surface area (Å²) >= 11 is 1.36. The van der Waals surface area contributed by atoms with Crippen LogP contribution in [0.4, 0.5) is 0 Å². The normalized spacial score (nSPS) is 8.45. The van der Waals surface area contributed by atoms with Crippen LogP contribution >= 0.6 is 11.5 Å². The van der Waals surface area contributed by atoms with Crippen molar-refractivity contribution in [1.82, 2.24) is 4.37 Å². The quantitative estimate of drug-likeness (QED) is 0.640. The zero-order valence-corrected chi connectivity index (χ0v) is 7.04. The SMILES string of the molecule is COc1ccccccsn1. The highest BCUT2D eigenvalue weighted by Gasteiger charge is 1.80. The average Bonchev–Trinajstić information content (AvgIpc) is 2.16. The van der Waals surface area contributed by atoms with E-state index in [1.807, 2.05) is 35.7 Å². The van der Waals surface area contributed by atoms with E-state index in [2.05, 4.69) is 4.37 Å². The number of methoxy groups -OCH3 is 1. The first-order valence-electron chi connectivity index (χ1n) is 3.21. The zero-order chi connectivity index (χ0) is 7.94. The van der Waals surface area contributed by atoms with Crippen LogP contribution in [0.2, 0.25) is 0 Å². The molecule has 0 fully saturated rings. The van der Waals surface area contributed by atoms with Gasteiger partial charge in [-0.05, 0) is 11.5 Å². The van der Waals surface area contributed by atoms with Crippen LogP contribution in [0.5, 0.6) is 5.88 Å². The summed E-state index contributed by atoms with van der Waals surface area (Å²) in [5.74, 6) is 0.631. The van der Waals surface area contributed by atoms with Gasteiger partial charge in [0.05, 0.1) is 7.11 Å². The second kappa shape index (κ2) is 4.68. The van der Waals surface area contributed by atoms with E-state index in [4.69, 9.17) is 4.74 Å². The molecule has 58 valence electrons. The summed E-state index contributed by atoms with van der Waals surface area (Å²) < 4.78 is 9.02. The van der Waals surface area contributed by atoms with E-state index in [-0.39, 0.29) is 0 Å². The van der Waals surface area contributed by atoms with Crippen molar-refractivity contribution in [3.05, 3.63) is 35.7 Å². The summed E-state index contributed by atoms with van der Waals surface area (Å²) in [5.41, 5.74) is 0. The van der Waals surface area contributed by atoms with Crippen molar-refractivity contribution in [1.29, 1.82) is 0 Å². The van der Waals surface area contributed by atoms with Crippen LogP contribution in [0.1, 0.15) is 0 Å². The fourth-order valence-electron chi connectivity index (χ4n) is 0.565. The molecule has 2 nitrogen and oxygen atoms in total. The lowest BCUT2D eigenvalue weighted by Crippen LogP contribution is -1.80. The molecule has 1 aromatic heterocycles. The largest absolute Gasteiger partial charge is 0.480 e. The Morgan fingerprint density at radius 3 is 2.91 bits per heavy atom. The summed E-state index contributed by atoms with van der Waals surface area (Å²) in [6.45, 7) is 0. The molecule has 0 saturated carbocycles. The number of hydrogen-bond donors (Lipinski definition) is 0. The molecule has 0 saturated heterocycles. The predicted molar refractivity (Wildman–Crippen MR) is 46.3 cm³/mol. The second-order valence-electron chi connectivity index (χ2n) is 1.81. The number of aromatic nitrogens is 1. The molecule has 0 aromatic carbocycles. The maximum absolute atomic E-state index is 4.96. The maximum Gasteiger partial charge on any atom is 0.223 e. The van der Waals surface area contributed by atoms with Gasteiger partial charge in [-0.3, -0.25) is 0 Å². The van der Waals surface area contributed by atoms with Gasteiger partial charge < -0.3 is 4.74 Å². The van der Waals surface area contributed by atoms with Crippen LogP contribution in [0.15, 0.2) is 35.7 Å². The molecule has 3 heteroatoms. The summed E-state index contributed by atoms with van der Waals surface area (Å²) in [5, 5.41) is 1.89. The van der Waals surface area contributed by atoms with Gasteiger partial charge in [0.1, 0.15) is 0 Å². The summed E-state index contributed by atoms with van der Waals surface area (Å²) in [4.78, 5) is 0. The first-order valence-corrected chi connectivity index (χ1v) is 4.05. The highest BCUT2D eigenvalue weighted by atomic mass is 32.1. The third-order valence-electron chi connectivity index (χ3n) is 1.06. The fraction of sp³-hybridized carbons (Fsp3) is 0.125. The monoisotopic (exact) mass is 167 g/mol. The van der Waals surface area contributed by atoms with E-state index >= 15 is 0 Å². The Hall–Kier alpha value is -1.09. The molecule has 11 heavy (non-hydrogen) atoms. The van der Waals surface area contributed by atoms with E-state index in [1.54, 1.807) is 7.11 Å². The number of ether oxygens (including phenoxy) is 1. The molecular weight excluding hydrogens is 158 g/mol. The van der Waals surface area contributed by atoms with Crippen molar-refractivity contribution < 1.29 is 4.74 Å². The Labute approximate surface area is 70.0 Å². The second-order valence-corrected chi connectivity index (χ2v) is 2.48. The van der Waals surface area contributed by atoms with Crippen molar-refractivity contribution in [2.45, 2.75) is 0 Å². The van der Waals surface area contributed by atoms with Gasteiger partial charge in [-0.2, -0.15) is 4.37 Å². The average molecular weight is 167 g/mol. The highest BCUT2D eigenvalue weighted by molar-refractivity contribution is 7.03. The van der Waals surface area contributed by atoms with Gasteiger partial charge >= 0.3 is 0 Å². The molecule has 0 aliphatic heterocycles. The summed E-state index contributed by atoms with van der Waals surface area (Å²) in [6, 6.07) is 9.50. The molecule has 1 aromatic rings. The lowest BCUT2D eigenvalue weighted by Gasteiger charge is -1.89. The summed E-state index contributed by atoms with van der Waals surface area (Å²) in [7, 11) is 1.61. The van der Waals surface area contributed by atoms with E-state index in [0.717, 1.165) is 0 Å². The molecule has 0 spiro atoms. The fourth-order valence-corrected chi connectivity index (χ4v) is 1.03. The first kappa shape index (κ1) is 8.01. The van der Waals surface area contributed by atoms with E-state index in [0.29, 0.717) is 5.88 Å². The smallest absolute Gasteiger partial charge is 0.223 e. The highest BCUT2D eigenvalue weighted by Crippen LogP contribution is 2.01. The van der Waals surface area contributed by atoms with Crippen molar-refractivity contribution in [3.8, 4) is 5.88 Å². The standard InChI is InChI=1S/C8H9NOS/c1-10-8-6-4-2-3-5-7-11-9-8/h2-7H,1H3. The van der Waals surface area contributed by atoms with Gasteiger partial charge in [0.15, 0.2) is 0 Å².